The van der Waals surface area contributed by atoms with Gasteiger partial charge in [0.25, 0.3) is 0 Å². The second-order valence-corrected chi connectivity index (χ2v) is 6.67. The number of thioether (sulfide) groups is 1. The predicted molar refractivity (Wildman–Crippen MR) is 76.1 cm³/mol. The Balaban J connectivity index is 2.38. The summed E-state index contributed by atoms with van der Waals surface area (Å²) in [5.41, 5.74) is 0.521. The van der Waals surface area contributed by atoms with Crippen molar-refractivity contribution in [1.29, 1.82) is 0 Å². The first-order valence-electron chi connectivity index (χ1n) is 5.51. The van der Waals surface area contributed by atoms with Gasteiger partial charge in [-0.05, 0) is 54.4 Å². The third-order valence-corrected chi connectivity index (χ3v) is 3.48. The largest absolute Gasteiger partial charge is 0.459 e. The highest BCUT2D eigenvalue weighted by atomic mass is 79.9. The van der Waals surface area contributed by atoms with E-state index in [9.17, 15) is 9.18 Å². The molecule has 0 aliphatic carbocycles. The number of hydrogen-bond donors (Lipinski definition) is 0. The zero-order valence-electron chi connectivity index (χ0n) is 10.6. The fourth-order valence-corrected chi connectivity index (χ4v) is 2.42. The Bertz CT molecular complexity index is 429. The van der Waals surface area contributed by atoms with E-state index in [1.807, 2.05) is 20.8 Å². The van der Waals surface area contributed by atoms with Crippen LogP contribution in [0.1, 0.15) is 26.3 Å². The summed E-state index contributed by atoms with van der Waals surface area (Å²) in [6, 6.07) is 4.84. The molecule has 0 radical (unpaired) electrons. The minimum atomic E-state index is -0.448. The average molecular weight is 335 g/mol. The molecule has 0 aliphatic heterocycles. The van der Waals surface area contributed by atoms with Gasteiger partial charge in [-0.2, -0.15) is 0 Å². The van der Waals surface area contributed by atoms with Gasteiger partial charge in [-0.3, -0.25) is 4.79 Å². The summed E-state index contributed by atoms with van der Waals surface area (Å²) in [4.78, 5) is 11.5. The predicted octanol–water partition coefficient (Wildman–Crippen LogP) is 4.16. The number of rotatable bonds is 4. The molecular formula is C13H16BrFO2S. The van der Waals surface area contributed by atoms with Crippen molar-refractivity contribution < 1.29 is 13.9 Å². The molecule has 0 heterocycles. The summed E-state index contributed by atoms with van der Waals surface area (Å²) in [5.74, 6) is 0.439. The second kappa shape index (κ2) is 6.57. The van der Waals surface area contributed by atoms with Gasteiger partial charge in [-0.1, -0.05) is 6.07 Å². The molecular weight excluding hydrogens is 319 g/mol. The third-order valence-electron chi connectivity index (χ3n) is 1.89. The minimum Gasteiger partial charge on any atom is -0.459 e. The van der Waals surface area contributed by atoms with Crippen LogP contribution in [0.5, 0.6) is 0 Å². The van der Waals surface area contributed by atoms with E-state index in [0.29, 0.717) is 16.0 Å². The molecule has 1 aromatic rings. The van der Waals surface area contributed by atoms with Crippen LogP contribution in [0.4, 0.5) is 4.39 Å². The highest BCUT2D eigenvalue weighted by Crippen LogP contribution is 2.20. The molecule has 0 fully saturated rings. The molecule has 1 aromatic carbocycles. The van der Waals surface area contributed by atoms with Gasteiger partial charge in [0, 0.05) is 5.75 Å². The van der Waals surface area contributed by atoms with Crippen LogP contribution in [0.3, 0.4) is 0 Å². The van der Waals surface area contributed by atoms with Gasteiger partial charge >= 0.3 is 5.97 Å². The van der Waals surface area contributed by atoms with Gasteiger partial charge < -0.3 is 4.74 Å². The average Bonchev–Trinajstić information content (AvgIpc) is 2.20. The minimum absolute atomic E-state index is 0.228. The lowest BCUT2D eigenvalue weighted by Crippen LogP contribution is -2.24. The van der Waals surface area contributed by atoms with Crippen molar-refractivity contribution in [2.45, 2.75) is 32.1 Å². The Labute approximate surface area is 119 Å². The SMILES string of the molecule is CC(C)(C)OC(=O)CSCc1ccc(F)c(Br)c1. The van der Waals surface area contributed by atoms with Gasteiger partial charge in [0.2, 0.25) is 0 Å². The van der Waals surface area contributed by atoms with E-state index in [1.54, 1.807) is 12.1 Å². The molecule has 0 saturated heterocycles. The van der Waals surface area contributed by atoms with E-state index in [4.69, 9.17) is 4.74 Å². The van der Waals surface area contributed by atoms with E-state index < -0.39 is 5.60 Å². The van der Waals surface area contributed by atoms with Crippen LogP contribution >= 0.6 is 27.7 Å². The first-order chi connectivity index (χ1) is 8.28. The zero-order chi connectivity index (χ0) is 13.8. The molecule has 0 spiro atoms. The van der Waals surface area contributed by atoms with Gasteiger partial charge in [-0.15, -0.1) is 11.8 Å². The molecule has 0 aromatic heterocycles. The monoisotopic (exact) mass is 334 g/mol. The Kier molecular flexibility index (Phi) is 5.66. The number of benzene rings is 1. The fraction of sp³-hybridized carbons (Fsp3) is 0.462. The summed E-state index contributed by atoms with van der Waals surface area (Å²) in [5, 5.41) is 0. The third kappa shape index (κ3) is 5.87. The molecule has 0 aliphatic rings. The molecule has 0 amide bonds. The number of carbonyl (C=O) groups is 1. The highest BCUT2D eigenvalue weighted by Gasteiger charge is 2.15. The van der Waals surface area contributed by atoms with Crippen LogP contribution in [-0.4, -0.2) is 17.3 Å². The van der Waals surface area contributed by atoms with Gasteiger partial charge in [-0.25, -0.2) is 4.39 Å². The van der Waals surface area contributed by atoms with Crippen LogP contribution in [0.15, 0.2) is 22.7 Å². The molecule has 100 valence electrons. The Morgan fingerprint density at radius 1 is 1.44 bits per heavy atom. The van der Waals surface area contributed by atoms with Gasteiger partial charge in [0.1, 0.15) is 11.4 Å². The molecule has 0 N–H and O–H groups in total. The number of halogens is 2. The summed E-state index contributed by atoms with van der Waals surface area (Å²) in [6.45, 7) is 5.52. The summed E-state index contributed by atoms with van der Waals surface area (Å²) >= 11 is 4.58. The molecule has 1 rings (SSSR count). The Morgan fingerprint density at radius 3 is 2.67 bits per heavy atom. The van der Waals surface area contributed by atoms with Crippen molar-refractivity contribution in [3.8, 4) is 0 Å². The number of ether oxygens (including phenoxy) is 1. The van der Waals surface area contributed by atoms with Crippen LogP contribution in [0.2, 0.25) is 0 Å². The Morgan fingerprint density at radius 2 is 2.11 bits per heavy atom. The number of hydrogen-bond acceptors (Lipinski definition) is 3. The van der Waals surface area contributed by atoms with Crippen molar-refractivity contribution in [1.82, 2.24) is 0 Å². The molecule has 5 heteroatoms. The van der Waals surface area contributed by atoms with Gasteiger partial charge in [0.15, 0.2) is 0 Å². The normalized spacial score (nSPS) is 11.4. The summed E-state index contributed by atoms with van der Waals surface area (Å²) < 4.78 is 18.6. The van der Waals surface area contributed by atoms with E-state index in [2.05, 4.69) is 15.9 Å². The fourth-order valence-electron chi connectivity index (χ4n) is 1.25. The van der Waals surface area contributed by atoms with Crippen LogP contribution in [-0.2, 0) is 15.3 Å². The lowest BCUT2D eigenvalue weighted by atomic mass is 10.2. The summed E-state index contributed by atoms with van der Waals surface area (Å²) in [6.07, 6.45) is 0. The van der Waals surface area contributed by atoms with E-state index in [1.165, 1.54) is 17.8 Å². The maximum absolute atomic E-state index is 13.0. The second-order valence-electron chi connectivity index (χ2n) is 4.83. The van der Waals surface area contributed by atoms with Crippen molar-refractivity contribution in [2.75, 3.05) is 5.75 Å². The lowest BCUT2D eigenvalue weighted by Gasteiger charge is -2.19. The van der Waals surface area contributed by atoms with Crippen molar-refractivity contribution in [3.05, 3.63) is 34.1 Å². The van der Waals surface area contributed by atoms with E-state index in [0.717, 1.165) is 5.56 Å². The molecule has 2 nitrogen and oxygen atoms in total. The quantitative estimate of drug-likeness (QED) is 0.773. The first kappa shape index (κ1) is 15.5. The molecule has 0 bridgehead atoms. The number of carbonyl (C=O) groups excluding carboxylic acids is 1. The highest BCUT2D eigenvalue weighted by molar-refractivity contribution is 9.10. The number of esters is 1. The topological polar surface area (TPSA) is 26.3 Å². The van der Waals surface area contributed by atoms with Gasteiger partial charge in [0.05, 0.1) is 10.2 Å². The first-order valence-corrected chi connectivity index (χ1v) is 7.46. The molecule has 0 unspecified atom stereocenters. The smallest absolute Gasteiger partial charge is 0.316 e. The standard InChI is InChI=1S/C13H16BrFO2S/c1-13(2,3)17-12(16)8-18-7-9-4-5-11(15)10(14)6-9/h4-6H,7-8H2,1-3H3. The van der Waals surface area contributed by atoms with Crippen molar-refractivity contribution in [3.63, 3.8) is 0 Å². The van der Waals surface area contributed by atoms with Crippen LogP contribution in [0, 0.1) is 5.82 Å². The lowest BCUT2D eigenvalue weighted by molar-refractivity contribution is -0.151. The maximum Gasteiger partial charge on any atom is 0.316 e. The molecule has 0 atom stereocenters. The van der Waals surface area contributed by atoms with Crippen molar-refractivity contribution >= 4 is 33.7 Å². The van der Waals surface area contributed by atoms with Crippen LogP contribution < -0.4 is 0 Å². The zero-order valence-corrected chi connectivity index (χ0v) is 13.0. The molecule has 0 saturated carbocycles. The van der Waals surface area contributed by atoms with E-state index in [-0.39, 0.29) is 11.8 Å². The molecule has 18 heavy (non-hydrogen) atoms. The van der Waals surface area contributed by atoms with Crippen molar-refractivity contribution in [2.24, 2.45) is 0 Å². The maximum atomic E-state index is 13.0. The Hall–Kier alpha value is -0.550. The van der Waals surface area contributed by atoms with Crippen LogP contribution in [0.25, 0.3) is 0 Å². The summed E-state index contributed by atoms with van der Waals surface area (Å²) in [7, 11) is 0. The van der Waals surface area contributed by atoms with E-state index >= 15 is 0 Å².